The Kier molecular flexibility index (Phi) is 7.05. The van der Waals surface area contributed by atoms with Gasteiger partial charge in [0, 0.05) is 47.8 Å². The number of rotatable bonds is 7. The van der Waals surface area contributed by atoms with Gasteiger partial charge in [-0.05, 0) is 43.3 Å². The molecule has 2 aromatic carbocycles. The van der Waals surface area contributed by atoms with Crippen LogP contribution in [0, 0.1) is 0 Å². The smallest absolute Gasteiger partial charge is 0.356 e. The molecule has 8 nitrogen and oxygen atoms in total. The largest absolute Gasteiger partial charge is 0.497 e. The number of carbonyl (C=O) groups excluding carboxylic acids is 2. The first kappa shape index (κ1) is 22.9. The van der Waals surface area contributed by atoms with Gasteiger partial charge >= 0.3 is 5.97 Å². The Morgan fingerprint density at radius 3 is 2.61 bits per heavy atom. The number of fused-ring (bicyclic) bond motifs is 1. The maximum Gasteiger partial charge on any atom is 0.356 e. The summed E-state index contributed by atoms with van der Waals surface area (Å²) < 4.78 is 10.5. The third-order valence-corrected chi connectivity index (χ3v) is 5.90. The number of halogens is 1. The quantitative estimate of drug-likeness (QED) is 0.511. The highest BCUT2D eigenvalue weighted by Gasteiger charge is 2.24. The summed E-state index contributed by atoms with van der Waals surface area (Å²) in [5.41, 5.74) is 2.42. The van der Waals surface area contributed by atoms with Crippen LogP contribution in [0.3, 0.4) is 0 Å². The minimum Gasteiger partial charge on any atom is -0.497 e. The predicted octanol–water partition coefficient (Wildman–Crippen LogP) is 3.77. The van der Waals surface area contributed by atoms with Crippen molar-refractivity contribution in [2.75, 3.05) is 56.7 Å². The van der Waals surface area contributed by atoms with Crippen molar-refractivity contribution < 1.29 is 19.1 Å². The number of anilines is 2. The van der Waals surface area contributed by atoms with E-state index in [-0.39, 0.29) is 24.8 Å². The number of ether oxygens (including phenoxy) is 2. The van der Waals surface area contributed by atoms with E-state index in [0.29, 0.717) is 27.4 Å². The van der Waals surface area contributed by atoms with Crippen LogP contribution in [0.15, 0.2) is 42.5 Å². The van der Waals surface area contributed by atoms with Crippen molar-refractivity contribution in [3.63, 3.8) is 0 Å². The van der Waals surface area contributed by atoms with Crippen molar-refractivity contribution in [1.82, 2.24) is 9.88 Å². The molecule has 1 aromatic heterocycles. The first-order valence-electron chi connectivity index (χ1n) is 10.9. The van der Waals surface area contributed by atoms with Gasteiger partial charge < -0.3 is 24.7 Å². The SMILES string of the molecule is CCOC(=O)c1[nH]c2ccc(OC)cc2c1NC(=O)CN1CCN(c2cccc(Cl)c2)CC1. The van der Waals surface area contributed by atoms with Crippen molar-refractivity contribution in [3.05, 3.63) is 53.2 Å². The Hall–Kier alpha value is -3.23. The van der Waals surface area contributed by atoms with Crippen LogP contribution in [0.2, 0.25) is 5.02 Å². The maximum atomic E-state index is 12.9. The summed E-state index contributed by atoms with van der Waals surface area (Å²) >= 11 is 6.11. The van der Waals surface area contributed by atoms with E-state index in [0.717, 1.165) is 31.9 Å². The van der Waals surface area contributed by atoms with Crippen molar-refractivity contribution in [3.8, 4) is 5.75 Å². The van der Waals surface area contributed by atoms with Gasteiger partial charge in [-0.25, -0.2) is 4.79 Å². The number of aromatic amines is 1. The van der Waals surface area contributed by atoms with E-state index in [1.54, 1.807) is 26.2 Å². The summed E-state index contributed by atoms with van der Waals surface area (Å²) in [7, 11) is 1.57. The van der Waals surface area contributed by atoms with Crippen molar-refractivity contribution in [2.45, 2.75) is 6.92 Å². The second-order valence-corrected chi connectivity index (χ2v) is 8.23. The van der Waals surface area contributed by atoms with E-state index in [4.69, 9.17) is 21.1 Å². The molecule has 0 saturated carbocycles. The lowest BCUT2D eigenvalue weighted by Crippen LogP contribution is -2.48. The first-order valence-corrected chi connectivity index (χ1v) is 11.3. The number of methoxy groups -OCH3 is 1. The Balaban J connectivity index is 1.45. The molecule has 1 saturated heterocycles. The molecule has 1 fully saturated rings. The van der Waals surface area contributed by atoms with Crippen LogP contribution in [0.4, 0.5) is 11.4 Å². The number of hydrogen-bond acceptors (Lipinski definition) is 6. The number of nitrogens with zero attached hydrogens (tertiary/aromatic N) is 2. The molecule has 1 amide bonds. The van der Waals surface area contributed by atoms with Gasteiger partial charge in [-0.2, -0.15) is 0 Å². The zero-order valence-electron chi connectivity index (χ0n) is 18.7. The second-order valence-electron chi connectivity index (χ2n) is 7.80. The van der Waals surface area contributed by atoms with Crippen LogP contribution >= 0.6 is 11.6 Å². The molecule has 0 unspecified atom stereocenters. The van der Waals surface area contributed by atoms with E-state index in [9.17, 15) is 9.59 Å². The topological polar surface area (TPSA) is 86.9 Å². The van der Waals surface area contributed by atoms with E-state index >= 15 is 0 Å². The highest BCUT2D eigenvalue weighted by molar-refractivity contribution is 6.30. The van der Waals surface area contributed by atoms with Gasteiger partial charge in [0.1, 0.15) is 11.4 Å². The number of aromatic nitrogens is 1. The summed E-state index contributed by atoms with van der Waals surface area (Å²) in [5.74, 6) is -0.0804. The summed E-state index contributed by atoms with van der Waals surface area (Å²) in [6.07, 6.45) is 0. The summed E-state index contributed by atoms with van der Waals surface area (Å²) in [5, 5.41) is 4.32. The number of nitrogens with one attached hydrogen (secondary N) is 2. The van der Waals surface area contributed by atoms with Crippen molar-refractivity contribution >= 4 is 45.8 Å². The van der Waals surface area contributed by atoms with Crippen LogP contribution < -0.4 is 15.0 Å². The fraction of sp³-hybridized carbons (Fsp3) is 0.333. The Bertz CT molecular complexity index is 1150. The van der Waals surface area contributed by atoms with Crippen LogP contribution in [0.1, 0.15) is 17.4 Å². The Morgan fingerprint density at radius 1 is 1.12 bits per heavy atom. The number of H-pyrrole nitrogens is 1. The summed E-state index contributed by atoms with van der Waals surface area (Å²) in [6, 6.07) is 13.2. The van der Waals surface area contributed by atoms with Gasteiger partial charge in [0.25, 0.3) is 0 Å². The molecule has 33 heavy (non-hydrogen) atoms. The maximum absolute atomic E-state index is 12.9. The molecule has 0 atom stereocenters. The van der Waals surface area contributed by atoms with Gasteiger partial charge in [0.2, 0.25) is 5.91 Å². The second kappa shape index (κ2) is 10.1. The standard InChI is InChI=1S/C24H27ClN4O4/c1-3-33-24(31)23-22(19-14-18(32-2)7-8-20(19)26-23)27-21(30)15-28-9-11-29(12-10-28)17-6-4-5-16(25)13-17/h4-8,13-14,26H,3,9-12,15H2,1-2H3,(H,27,30). The van der Waals surface area contributed by atoms with Gasteiger partial charge in [-0.1, -0.05) is 17.7 Å². The molecule has 174 valence electrons. The third kappa shape index (κ3) is 5.23. The first-order chi connectivity index (χ1) is 16.0. The molecule has 1 aliphatic rings. The van der Waals surface area contributed by atoms with E-state index in [1.165, 1.54) is 0 Å². The molecular weight excluding hydrogens is 444 g/mol. The zero-order chi connectivity index (χ0) is 23.4. The third-order valence-electron chi connectivity index (χ3n) is 5.66. The molecule has 3 aromatic rings. The highest BCUT2D eigenvalue weighted by atomic mass is 35.5. The van der Waals surface area contributed by atoms with Gasteiger partial charge in [0.15, 0.2) is 0 Å². The predicted molar refractivity (Wildman–Crippen MR) is 130 cm³/mol. The fourth-order valence-corrected chi connectivity index (χ4v) is 4.19. The van der Waals surface area contributed by atoms with Gasteiger partial charge in [-0.3, -0.25) is 9.69 Å². The lowest BCUT2D eigenvalue weighted by molar-refractivity contribution is -0.117. The van der Waals surface area contributed by atoms with Crippen LogP contribution in [-0.4, -0.2) is 68.2 Å². The Morgan fingerprint density at radius 2 is 1.91 bits per heavy atom. The molecule has 2 heterocycles. The number of carbonyl (C=O) groups is 2. The molecule has 0 aliphatic carbocycles. The van der Waals surface area contributed by atoms with E-state index in [2.05, 4.69) is 20.1 Å². The minimum atomic E-state index is -0.516. The van der Waals surface area contributed by atoms with E-state index < -0.39 is 5.97 Å². The lowest BCUT2D eigenvalue weighted by atomic mass is 10.2. The normalized spacial score (nSPS) is 14.3. The number of amides is 1. The molecule has 0 radical (unpaired) electrons. The molecule has 1 aliphatic heterocycles. The summed E-state index contributed by atoms with van der Waals surface area (Å²) in [6.45, 7) is 5.28. The summed E-state index contributed by atoms with van der Waals surface area (Å²) in [4.78, 5) is 32.8. The number of piperazine rings is 1. The number of benzene rings is 2. The van der Waals surface area contributed by atoms with Gasteiger partial charge in [0.05, 0.1) is 25.9 Å². The number of esters is 1. The molecular formula is C24H27ClN4O4. The average Bonchev–Trinajstić information content (AvgIpc) is 3.17. The molecule has 2 N–H and O–H groups in total. The Labute approximate surface area is 197 Å². The molecule has 0 bridgehead atoms. The van der Waals surface area contributed by atoms with Crippen LogP contribution in [-0.2, 0) is 9.53 Å². The average molecular weight is 471 g/mol. The van der Waals surface area contributed by atoms with Crippen molar-refractivity contribution in [2.24, 2.45) is 0 Å². The number of hydrogen-bond donors (Lipinski definition) is 2. The minimum absolute atomic E-state index is 0.194. The molecule has 0 spiro atoms. The highest BCUT2D eigenvalue weighted by Crippen LogP contribution is 2.31. The van der Waals surface area contributed by atoms with Crippen LogP contribution in [0.25, 0.3) is 10.9 Å². The molecule has 9 heteroatoms. The zero-order valence-corrected chi connectivity index (χ0v) is 19.4. The van der Waals surface area contributed by atoms with Crippen molar-refractivity contribution in [1.29, 1.82) is 0 Å². The van der Waals surface area contributed by atoms with E-state index in [1.807, 2.05) is 30.3 Å². The molecule has 4 rings (SSSR count). The van der Waals surface area contributed by atoms with Crippen LogP contribution in [0.5, 0.6) is 5.75 Å². The fourth-order valence-electron chi connectivity index (χ4n) is 4.00. The van der Waals surface area contributed by atoms with Gasteiger partial charge in [-0.15, -0.1) is 0 Å². The lowest BCUT2D eigenvalue weighted by Gasteiger charge is -2.35. The monoisotopic (exact) mass is 470 g/mol.